The number of aromatic nitrogens is 2. The maximum atomic E-state index is 10.4. The van der Waals surface area contributed by atoms with Crippen molar-refractivity contribution in [1.82, 2.24) is 9.78 Å². The van der Waals surface area contributed by atoms with E-state index >= 15 is 0 Å². The number of nitrogens with zero attached hydrogens (tertiary/aromatic N) is 2. The van der Waals surface area contributed by atoms with Crippen LogP contribution in [0.1, 0.15) is 33.4 Å². The zero-order chi connectivity index (χ0) is 13.3. The average Bonchev–Trinajstić information content (AvgIpc) is 2.67. The van der Waals surface area contributed by atoms with Crippen molar-refractivity contribution in [2.24, 2.45) is 0 Å². The van der Waals surface area contributed by atoms with Crippen LogP contribution >= 0.6 is 0 Å². The molecule has 0 fully saturated rings. The largest absolute Gasteiger partial charge is 0.493 e. The lowest BCUT2D eigenvalue weighted by Crippen LogP contribution is -2.22. The third-order valence-corrected chi connectivity index (χ3v) is 2.97. The van der Waals surface area contributed by atoms with E-state index in [2.05, 4.69) is 12.0 Å². The highest BCUT2D eigenvalue weighted by molar-refractivity contribution is 5.71. The molecule has 0 unspecified atom stereocenters. The van der Waals surface area contributed by atoms with Crippen LogP contribution in [0.5, 0.6) is 5.88 Å². The smallest absolute Gasteiger partial charge is 0.218 e. The Morgan fingerprint density at radius 1 is 1.17 bits per heavy atom. The monoisotopic (exact) mass is 244 g/mol. The van der Waals surface area contributed by atoms with Gasteiger partial charge < -0.3 is 5.11 Å². The van der Waals surface area contributed by atoms with Gasteiger partial charge in [0.05, 0.1) is 16.8 Å². The summed E-state index contributed by atoms with van der Waals surface area (Å²) in [6, 6.07) is 9.93. The lowest BCUT2D eigenvalue weighted by Gasteiger charge is -2.20. The van der Waals surface area contributed by atoms with E-state index in [-0.39, 0.29) is 11.4 Å². The van der Waals surface area contributed by atoms with Gasteiger partial charge in [-0.2, -0.15) is 5.10 Å². The first-order valence-electron chi connectivity index (χ1n) is 6.32. The van der Waals surface area contributed by atoms with Crippen LogP contribution in [0, 0.1) is 0 Å². The lowest BCUT2D eigenvalue weighted by molar-refractivity contribution is 0.294. The predicted molar refractivity (Wildman–Crippen MR) is 73.7 cm³/mol. The fourth-order valence-corrected chi connectivity index (χ4v) is 2.07. The molecule has 3 heteroatoms. The van der Waals surface area contributed by atoms with Crippen molar-refractivity contribution in [3.8, 4) is 17.0 Å². The second-order valence-electron chi connectivity index (χ2n) is 5.45. The maximum Gasteiger partial charge on any atom is 0.218 e. The fourth-order valence-electron chi connectivity index (χ4n) is 2.07. The molecule has 3 nitrogen and oxygen atoms in total. The molecule has 18 heavy (non-hydrogen) atoms. The molecule has 0 aliphatic heterocycles. The van der Waals surface area contributed by atoms with Crippen LogP contribution in [0.25, 0.3) is 11.1 Å². The predicted octanol–water partition coefficient (Wildman–Crippen LogP) is 3.57. The number of aryl methyl sites for hydroxylation is 1. The van der Waals surface area contributed by atoms with Crippen LogP contribution in [-0.4, -0.2) is 14.9 Å². The number of benzene rings is 1. The third kappa shape index (κ3) is 2.13. The van der Waals surface area contributed by atoms with Gasteiger partial charge in [0.25, 0.3) is 0 Å². The molecule has 2 rings (SSSR count). The normalized spacial score (nSPS) is 11.8. The molecule has 1 heterocycles. The molecule has 0 spiro atoms. The Labute approximate surface area is 108 Å². The van der Waals surface area contributed by atoms with Crippen LogP contribution in [0.15, 0.2) is 30.3 Å². The SMILES string of the molecule is CCc1nn(C(C)(C)C)c(O)c1-c1ccccc1. The van der Waals surface area contributed by atoms with E-state index in [0.717, 1.165) is 23.2 Å². The molecule has 96 valence electrons. The van der Waals surface area contributed by atoms with Crippen LogP contribution in [-0.2, 0) is 12.0 Å². The molecule has 0 bridgehead atoms. The summed E-state index contributed by atoms with van der Waals surface area (Å²) in [7, 11) is 0. The second kappa shape index (κ2) is 4.48. The van der Waals surface area contributed by atoms with Gasteiger partial charge in [-0.25, -0.2) is 4.68 Å². The van der Waals surface area contributed by atoms with Crippen molar-refractivity contribution >= 4 is 0 Å². The van der Waals surface area contributed by atoms with Gasteiger partial charge in [-0.05, 0) is 32.8 Å². The Kier molecular flexibility index (Phi) is 3.16. The lowest BCUT2D eigenvalue weighted by atomic mass is 10.0. The Morgan fingerprint density at radius 2 is 1.78 bits per heavy atom. The molecule has 0 radical (unpaired) electrons. The van der Waals surface area contributed by atoms with Crippen LogP contribution in [0.4, 0.5) is 0 Å². The molecule has 0 aliphatic rings. The summed E-state index contributed by atoms with van der Waals surface area (Å²) in [6.07, 6.45) is 0.806. The molecular formula is C15H20N2O. The van der Waals surface area contributed by atoms with Crippen molar-refractivity contribution in [2.75, 3.05) is 0 Å². The van der Waals surface area contributed by atoms with Gasteiger partial charge >= 0.3 is 0 Å². The molecule has 1 N–H and O–H groups in total. The van der Waals surface area contributed by atoms with E-state index in [4.69, 9.17) is 0 Å². The van der Waals surface area contributed by atoms with Crippen molar-refractivity contribution in [3.05, 3.63) is 36.0 Å². The highest BCUT2D eigenvalue weighted by atomic mass is 16.3. The molecule has 0 saturated carbocycles. The summed E-state index contributed by atoms with van der Waals surface area (Å²) in [5.74, 6) is 0.255. The van der Waals surface area contributed by atoms with Crippen LogP contribution < -0.4 is 0 Å². The van der Waals surface area contributed by atoms with Gasteiger partial charge in [0.2, 0.25) is 5.88 Å². The van der Waals surface area contributed by atoms with Gasteiger partial charge in [0, 0.05) is 0 Å². The average molecular weight is 244 g/mol. The van der Waals surface area contributed by atoms with Crippen LogP contribution in [0.2, 0.25) is 0 Å². The highest BCUT2D eigenvalue weighted by Gasteiger charge is 2.24. The van der Waals surface area contributed by atoms with Gasteiger partial charge in [0.1, 0.15) is 0 Å². The topological polar surface area (TPSA) is 38.0 Å². The minimum absolute atomic E-state index is 0.221. The molecule has 0 saturated heterocycles. The highest BCUT2D eigenvalue weighted by Crippen LogP contribution is 2.35. The first-order valence-corrected chi connectivity index (χ1v) is 6.32. The maximum absolute atomic E-state index is 10.4. The first kappa shape index (κ1) is 12.7. The summed E-state index contributed by atoms with van der Waals surface area (Å²) in [4.78, 5) is 0. The van der Waals surface area contributed by atoms with Crippen LogP contribution in [0.3, 0.4) is 0 Å². The minimum atomic E-state index is -0.221. The summed E-state index contributed by atoms with van der Waals surface area (Å²) in [5.41, 5.74) is 2.59. The molecule has 0 aliphatic carbocycles. The van der Waals surface area contributed by atoms with Gasteiger partial charge in [-0.3, -0.25) is 0 Å². The third-order valence-electron chi connectivity index (χ3n) is 2.97. The van der Waals surface area contributed by atoms with Gasteiger partial charge in [-0.15, -0.1) is 0 Å². The Balaban J connectivity index is 2.64. The van der Waals surface area contributed by atoms with Gasteiger partial charge in [0.15, 0.2) is 0 Å². The van der Waals surface area contributed by atoms with Gasteiger partial charge in [-0.1, -0.05) is 37.3 Å². The summed E-state index contributed by atoms with van der Waals surface area (Å²) in [6.45, 7) is 8.16. The molecule has 0 amide bonds. The minimum Gasteiger partial charge on any atom is -0.493 e. The number of aromatic hydroxyl groups is 1. The van der Waals surface area contributed by atoms with E-state index in [1.165, 1.54) is 0 Å². The van der Waals surface area contributed by atoms with Crippen molar-refractivity contribution in [2.45, 2.75) is 39.7 Å². The van der Waals surface area contributed by atoms with E-state index in [1.54, 1.807) is 4.68 Å². The van der Waals surface area contributed by atoms with Crippen molar-refractivity contribution < 1.29 is 5.11 Å². The Bertz CT molecular complexity index is 536. The first-order chi connectivity index (χ1) is 8.45. The van der Waals surface area contributed by atoms with Crippen molar-refractivity contribution in [3.63, 3.8) is 0 Å². The number of hydrogen-bond donors (Lipinski definition) is 1. The molecular weight excluding hydrogens is 224 g/mol. The molecule has 1 aromatic carbocycles. The zero-order valence-electron chi connectivity index (χ0n) is 11.4. The Morgan fingerprint density at radius 3 is 2.28 bits per heavy atom. The standard InChI is InChI=1S/C15H20N2O/c1-5-12-13(11-9-7-6-8-10-11)14(18)17(16-12)15(2,3)4/h6-10,18H,5H2,1-4H3. The quantitative estimate of drug-likeness (QED) is 0.877. The molecule has 0 atom stereocenters. The number of hydrogen-bond acceptors (Lipinski definition) is 2. The molecule has 2 aromatic rings. The van der Waals surface area contributed by atoms with Crippen molar-refractivity contribution in [1.29, 1.82) is 0 Å². The van der Waals surface area contributed by atoms with E-state index in [0.29, 0.717) is 0 Å². The summed E-state index contributed by atoms with van der Waals surface area (Å²) < 4.78 is 1.70. The fraction of sp³-hybridized carbons (Fsp3) is 0.400. The zero-order valence-corrected chi connectivity index (χ0v) is 11.4. The second-order valence-corrected chi connectivity index (χ2v) is 5.45. The van der Waals surface area contributed by atoms with E-state index < -0.39 is 0 Å². The van der Waals surface area contributed by atoms with E-state index in [1.807, 2.05) is 51.1 Å². The molecule has 1 aromatic heterocycles. The number of rotatable bonds is 2. The summed E-state index contributed by atoms with van der Waals surface area (Å²) in [5, 5.41) is 15.0. The summed E-state index contributed by atoms with van der Waals surface area (Å²) >= 11 is 0. The van der Waals surface area contributed by atoms with E-state index in [9.17, 15) is 5.11 Å². The Hall–Kier alpha value is -1.77.